The highest BCUT2D eigenvalue weighted by atomic mass is 32.2. The second-order valence-electron chi connectivity index (χ2n) is 4.80. The van der Waals surface area contributed by atoms with Crippen molar-refractivity contribution in [2.45, 2.75) is 37.0 Å². The average molecular weight is 284 g/mol. The van der Waals surface area contributed by atoms with Crippen LogP contribution in [-0.4, -0.2) is 63.4 Å². The number of aromatic nitrogens is 4. The molecule has 19 heavy (non-hydrogen) atoms. The molecule has 1 heterocycles. The summed E-state index contributed by atoms with van der Waals surface area (Å²) in [4.78, 5) is 13.1. The Kier molecular flexibility index (Phi) is 5.15. The van der Waals surface area contributed by atoms with Gasteiger partial charge in [-0.2, -0.15) is 0 Å². The predicted octanol–water partition coefficient (Wildman–Crippen LogP) is -0.00450. The van der Waals surface area contributed by atoms with Crippen molar-refractivity contribution in [3.05, 3.63) is 0 Å². The maximum atomic E-state index is 11.5. The fraction of sp³-hybridized carbons (Fsp3) is 0.818. The zero-order valence-corrected chi connectivity index (χ0v) is 12.2. The summed E-state index contributed by atoms with van der Waals surface area (Å²) >= 11 is 1.53. The molecule has 1 aliphatic rings. The SMILES string of the molecule is CN(C)C(=O)CCSc1nnnn1CCNC1CC1. The standard InChI is InChI=1S/C11H20N6OS/c1-16(2)10(18)5-8-19-11-13-14-15-17(11)7-6-12-9-3-4-9/h9,12H,3-8H2,1-2H3. The molecule has 1 amide bonds. The smallest absolute Gasteiger partial charge is 0.222 e. The number of rotatable bonds is 8. The lowest BCUT2D eigenvalue weighted by Crippen LogP contribution is -2.23. The second-order valence-corrected chi connectivity index (χ2v) is 5.86. The quantitative estimate of drug-likeness (QED) is 0.677. The molecule has 7 nitrogen and oxygen atoms in total. The third-order valence-electron chi connectivity index (χ3n) is 2.88. The second kappa shape index (κ2) is 6.85. The third kappa shape index (κ3) is 4.79. The molecule has 1 aliphatic carbocycles. The molecule has 2 rings (SSSR count). The molecule has 1 aromatic heterocycles. The molecule has 0 spiro atoms. The van der Waals surface area contributed by atoms with Gasteiger partial charge < -0.3 is 10.2 Å². The van der Waals surface area contributed by atoms with E-state index in [-0.39, 0.29) is 5.91 Å². The molecule has 8 heteroatoms. The Morgan fingerprint density at radius 2 is 2.32 bits per heavy atom. The fourth-order valence-electron chi connectivity index (χ4n) is 1.56. The van der Waals surface area contributed by atoms with Gasteiger partial charge in [-0.1, -0.05) is 11.8 Å². The Morgan fingerprint density at radius 1 is 1.53 bits per heavy atom. The van der Waals surface area contributed by atoms with Crippen LogP contribution < -0.4 is 5.32 Å². The number of nitrogens with zero attached hydrogens (tertiary/aromatic N) is 5. The van der Waals surface area contributed by atoms with Crippen LogP contribution in [0.15, 0.2) is 5.16 Å². The van der Waals surface area contributed by atoms with Gasteiger partial charge in [0.25, 0.3) is 0 Å². The highest BCUT2D eigenvalue weighted by Crippen LogP contribution is 2.18. The minimum absolute atomic E-state index is 0.127. The number of carbonyl (C=O) groups is 1. The number of amides is 1. The minimum Gasteiger partial charge on any atom is -0.349 e. The van der Waals surface area contributed by atoms with Gasteiger partial charge in [0.1, 0.15) is 0 Å². The van der Waals surface area contributed by atoms with Crippen LogP contribution in [0.2, 0.25) is 0 Å². The van der Waals surface area contributed by atoms with Gasteiger partial charge in [0.05, 0.1) is 6.54 Å². The molecule has 1 aromatic rings. The number of tetrazole rings is 1. The highest BCUT2D eigenvalue weighted by Gasteiger charge is 2.20. The van der Waals surface area contributed by atoms with Crippen LogP contribution in [0.25, 0.3) is 0 Å². The molecule has 0 saturated heterocycles. The van der Waals surface area contributed by atoms with Crippen molar-refractivity contribution in [3.63, 3.8) is 0 Å². The number of carbonyl (C=O) groups excluding carboxylic acids is 1. The summed E-state index contributed by atoms with van der Waals surface area (Å²) in [5, 5.41) is 15.8. The van der Waals surface area contributed by atoms with Gasteiger partial charge >= 0.3 is 0 Å². The number of nitrogens with one attached hydrogen (secondary N) is 1. The first kappa shape index (κ1) is 14.3. The number of hydrogen-bond acceptors (Lipinski definition) is 6. The van der Waals surface area contributed by atoms with Gasteiger partial charge in [-0.15, -0.1) is 5.10 Å². The van der Waals surface area contributed by atoms with Crippen LogP contribution in [-0.2, 0) is 11.3 Å². The summed E-state index contributed by atoms with van der Waals surface area (Å²) in [6.07, 6.45) is 3.07. The first-order valence-electron chi connectivity index (χ1n) is 6.49. The normalized spacial score (nSPS) is 14.6. The molecule has 106 valence electrons. The molecule has 0 bridgehead atoms. The molecular formula is C11H20N6OS. The summed E-state index contributed by atoms with van der Waals surface area (Å²) < 4.78 is 1.79. The first-order chi connectivity index (χ1) is 9.16. The fourth-order valence-corrected chi connectivity index (χ4v) is 2.39. The Labute approximate surface area is 117 Å². The lowest BCUT2D eigenvalue weighted by Gasteiger charge is -2.09. The zero-order chi connectivity index (χ0) is 13.7. The number of thioether (sulfide) groups is 1. The Bertz CT molecular complexity index is 417. The number of hydrogen-bond donors (Lipinski definition) is 1. The highest BCUT2D eigenvalue weighted by molar-refractivity contribution is 7.99. The van der Waals surface area contributed by atoms with E-state index in [0.29, 0.717) is 18.2 Å². The van der Waals surface area contributed by atoms with Crippen molar-refractivity contribution in [2.24, 2.45) is 0 Å². The minimum atomic E-state index is 0.127. The molecule has 0 radical (unpaired) electrons. The van der Waals surface area contributed by atoms with E-state index in [4.69, 9.17) is 0 Å². The molecule has 0 aliphatic heterocycles. The molecule has 1 saturated carbocycles. The van der Waals surface area contributed by atoms with E-state index in [2.05, 4.69) is 20.8 Å². The Morgan fingerprint density at radius 3 is 3.00 bits per heavy atom. The van der Waals surface area contributed by atoms with Gasteiger partial charge in [0.2, 0.25) is 11.1 Å². The predicted molar refractivity (Wildman–Crippen MR) is 72.9 cm³/mol. The molecule has 1 N–H and O–H groups in total. The van der Waals surface area contributed by atoms with Gasteiger partial charge in [-0.05, 0) is 23.3 Å². The van der Waals surface area contributed by atoms with Crippen LogP contribution in [0.4, 0.5) is 0 Å². The third-order valence-corrected chi connectivity index (χ3v) is 3.84. The van der Waals surface area contributed by atoms with Crippen molar-refractivity contribution in [3.8, 4) is 0 Å². The van der Waals surface area contributed by atoms with E-state index in [9.17, 15) is 4.79 Å². The molecule has 0 aromatic carbocycles. The van der Waals surface area contributed by atoms with E-state index in [1.165, 1.54) is 24.6 Å². The van der Waals surface area contributed by atoms with Gasteiger partial charge in [0.15, 0.2) is 0 Å². The van der Waals surface area contributed by atoms with Gasteiger partial charge in [-0.3, -0.25) is 4.79 Å². The van der Waals surface area contributed by atoms with Crippen molar-refractivity contribution in [1.29, 1.82) is 0 Å². The van der Waals surface area contributed by atoms with Gasteiger partial charge in [-0.25, -0.2) is 4.68 Å². The Balaban J connectivity index is 1.70. The zero-order valence-electron chi connectivity index (χ0n) is 11.4. The van der Waals surface area contributed by atoms with Crippen LogP contribution in [0, 0.1) is 0 Å². The maximum Gasteiger partial charge on any atom is 0.222 e. The summed E-state index contributed by atoms with van der Waals surface area (Å²) in [6, 6.07) is 0.699. The average Bonchev–Trinajstić information content (AvgIpc) is 3.09. The molecule has 1 fully saturated rings. The monoisotopic (exact) mass is 284 g/mol. The lowest BCUT2D eigenvalue weighted by atomic mass is 10.4. The molecule has 0 unspecified atom stereocenters. The Hall–Kier alpha value is -1.15. The molecule has 0 atom stereocenters. The van der Waals surface area contributed by atoms with E-state index in [1.54, 1.807) is 23.7 Å². The van der Waals surface area contributed by atoms with Crippen LogP contribution >= 0.6 is 11.8 Å². The van der Waals surface area contributed by atoms with Crippen LogP contribution in [0.5, 0.6) is 0 Å². The van der Waals surface area contributed by atoms with Crippen molar-refractivity contribution in [2.75, 3.05) is 26.4 Å². The molecular weight excluding hydrogens is 264 g/mol. The summed E-state index contributed by atoms with van der Waals surface area (Å²) in [6.45, 7) is 1.66. The van der Waals surface area contributed by atoms with Crippen LogP contribution in [0.3, 0.4) is 0 Å². The maximum absolute atomic E-state index is 11.5. The van der Waals surface area contributed by atoms with E-state index in [0.717, 1.165) is 18.2 Å². The first-order valence-corrected chi connectivity index (χ1v) is 7.48. The van der Waals surface area contributed by atoms with E-state index < -0.39 is 0 Å². The van der Waals surface area contributed by atoms with E-state index in [1.807, 2.05) is 0 Å². The van der Waals surface area contributed by atoms with E-state index >= 15 is 0 Å². The van der Waals surface area contributed by atoms with Gasteiger partial charge in [0, 0.05) is 38.9 Å². The lowest BCUT2D eigenvalue weighted by molar-refractivity contribution is -0.128. The van der Waals surface area contributed by atoms with Crippen molar-refractivity contribution >= 4 is 17.7 Å². The van der Waals surface area contributed by atoms with Crippen molar-refractivity contribution < 1.29 is 4.79 Å². The largest absolute Gasteiger partial charge is 0.349 e. The topological polar surface area (TPSA) is 75.9 Å². The summed E-state index contributed by atoms with van der Waals surface area (Å²) in [7, 11) is 3.53. The summed E-state index contributed by atoms with van der Waals surface area (Å²) in [5.41, 5.74) is 0. The van der Waals surface area contributed by atoms with Crippen molar-refractivity contribution in [1.82, 2.24) is 30.4 Å². The van der Waals surface area contributed by atoms with Crippen LogP contribution in [0.1, 0.15) is 19.3 Å². The summed E-state index contributed by atoms with van der Waals surface area (Å²) in [5.74, 6) is 0.829.